The van der Waals surface area contributed by atoms with Crippen LogP contribution in [0.5, 0.6) is 0 Å². The lowest BCUT2D eigenvalue weighted by atomic mass is 9.97. The van der Waals surface area contributed by atoms with E-state index < -0.39 is 0 Å². The van der Waals surface area contributed by atoms with Crippen molar-refractivity contribution in [3.8, 4) is 11.8 Å². The molecule has 0 aromatic carbocycles. The minimum atomic E-state index is 0.790. The highest BCUT2D eigenvalue weighted by Crippen LogP contribution is 2.14. The quantitative estimate of drug-likeness (QED) is 0.540. The molecule has 1 atom stereocenters. The molecule has 0 bridgehead atoms. The number of hydrogen-bond donors (Lipinski definition) is 0. The van der Waals surface area contributed by atoms with Crippen molar-refractivity contribution in [1.29, 1.82) is 0 Å². The van der Waals surface area contributed by atoms with E-state index >= 15 is 0 Å². The molecule has 0 aliphatic carbocycles. The molecule has 0 heterocycles. The van der Waals surface area contributed by atoms with Crippen LogP contribution in [0.2, 0.25) is 0 Å². The summed E-state index contributed by atoms with van der Waals surface area (Å²) >= 11 is 0. The van der Waals surface area contributed by atoms with Gasteiger partial charge in [-0.15, -0.1) is 11.8 Å². The van der Waals surface area contributed by atoms with Gasteiger partial charge in [-0.3, -0.25) is 0 Å². The van der Waals surface area contributed by atoms with Crippen LogP contribution in [0.3, 0.4) is 0 Å². The highest BCUT2D eigenvalue weighted by Gasteiger charge is 2.00. The summed E-state index contributed by atoms with van der Waals surface area (Å²) in [5, 5.41) is 0. The maximum Gasteiger partial charge on any atom is 0.0114 e. The third-order valence-electron chi connectivity index (χ3n) is 2.43. The maximum absolute atomic E-state index is 3.27. The molecule has 0 heteroatoms. The van der Waals surface area contributed by atoms with E-state index in [4.69, 9.17) is 0 Å². The van der Waals surface area contributed by atoms with Gasteiger partial charge >= 0.3 is 0 Å². The predicted molar refractivity (Wildman–Crippen MR) is 65.2 cm³/mol. The van der Waals surface area contributed by atoms with Crippen molar-refractivity contribution in [2.24, 2.45) is 11.8 Å². The number of unbranched alkanes of at least 4 members (excludes halogenated alkanes) is 1. The van der Waals surface area contributed by atoms with Gasteiger partial charge < -0.3 is 0 Å². The average Bonchev–Trinajstić information content (AvgIpc) is 2.12. The first kappa shape index (κ1) is 13.6. The van der Waals surface area contributed by atoms with Crippen molar-refractivity contribution in [3.05, 3.63) is 0 Å². The Balaban J connectivity index is 3.37. The number of rotatable bonds is 6. The van der Waals surface area contributed by atoms with Crippen LogP contribution in [0.15, 0.2) is 0 Å². The molecular weight excluding hydrogens is 168 g/mol. The van der Waals surface area contributed by atoms with Crippen LogP contribution >= 0.6 is 0 Å². The van der Waals surface area contributed by atoms with Crippen LogP contribution in [0.25, 0.3) is 0 Å². The van der Waals surface area contributed by atoms with Gasteiger partial charge in [-0.1, -0.05) is 40.5 Å². The fourth-order valence-electron chi connectivity index (χ4n) is 1.44. The second-order valence-electron chi connectivity index (χ2n) is 4.74. The summed E-state index contributed by atoms with van der Waals surface area (Å²) in [4.78, 5) is 0. The Labute approximate surface area is 90.5 Å². The molecule has 0 N–H and O–H groups in total. The van der Waals surface area contributed by atoms with Crippen molar-refractivity contribution in [2.45, 2.75) is 66.2 Å². The van der Waals surface area contributed by atoms with Crippen LogP contribution in [0.4, 0.5) is 0 Å². The normalized spacial score (nSPS) is 12.4. The number of hydrogen-bond acceptors (Lipinski definition) is 0. The highest BCUT2D eigenvalue weighted by molar-refractivity contribution is 4.99. The average molecular weight is 194 g/mol. The topological polar surface area (TPSA) is 0 Å². The summed E-state index contributed by atoms with van der Waals surface area (Å²) in [6.45, 7) is 9.10. The maximum atomic E-state index is 3.27. The molecule has 0 aromatic rings. The van der Waals surface area contributed by atoms with E-state index in [0.717, 1.165) is 24.7 Å². The van der Waals surface area contributed by atoms with E-state index in [1.54, 1.807) is 0 Å². The van der Waals surface area contributed by atoms with Gasteiger partial charge in [0, 0.05) is 12.8 Å². The fourth-order valence-corrected chi connectivity index (χ4v) is 1.44. The van der Waals surface area contributed by atoms with Gasteiger partial charge in [-0.25, -0.2) is 0 Å². The molecule has 0 radical (unpaired) electrons. The molecule has 0 aliphatic rings. The van der Waals surface area contributed by atoms with Crippen molar-refractivity contribution in [2.75, 3.05) is 0 Å². The largest absolute Gasteiger partial charge is 0.103 e. The summed E-state index contributed by atoms with van der Waals surface area (Å²) < 4.78 is 0. The SMILES string of the molecule is CCCC#CCC(C)CCCC(C)C. The smallest absolute Gasteiger partial charge is 0.0114 e. The lowest BCUT2D eigenvalue weighted by Crippen LogP contribution is -1.95. The van der Waals surface area contributed by atoms with E-state index in [1.165, 1.54) is 25.7 Å². The third kappa shape index (κ3) is 9.65. The van der Waals surface area contributed by atoms with Gasteiger partial charge in [0.15, 0.2) is 0 Å². The second-order valence-corrected chi connectivity index (χ2v) is 4.74. The van der Waals surface area contributed by atoms with Gasteiger partial charge in [0.05, 0.1) is 0 Å². The van der Waals surface area contributed by atoms with E-state index in [2.05, 4.69) is 39.5 Å². The van der Waals surface area contributed by atoms with Gasteiger partial charge in [0.25, 0.3) is 0 Å². The molecule has 0 saturated carbocycles. The van der Waals surface area contributed by atoms with E-state index in [0.29, 0.717) is 0 Å². The van der Waals surface area contributed by atoms with Gasteiger partial charge in [0.1, 0.15) is 0 Å². The Morgan fingerprint density at radius 3 is 2.29 bits per heavy atom. The molecule has 0 fully saturated rings. The van der Waals surface area contributed by atoms with Crippen LogP contribution < -0.4 is 0 Å². The third-order valence-corrected chi connectivity index (χ3v) is 2.43. The van der Waals surface area contributed by atoms with Crippen LogP contribution in [-0.2, 0) is 0 Å². The van der Waals surface area contributed by atoms with Crippen molar-refractivity contribution in [1.82, 2.24) is 0 Å². The van der Waals surface area contributed by atoms with Gasteiger partial charge in [0.2, 0.25) is 0 Å². The summed E-state index contributed by atoms with van der Waals surface area (Å²) in [5.41, 5.74) is 0. The zero-order valence-corrected chi connectivity index (χ0v) is 10.4. The predicted octanol–water partition coefficient (Wildman–Crippen LogP) is 4.64. The molecule has 0 amide bonds. The first-order chi connectivity index (χ1) is 6.66. The van der Waals surface area contributed by atoms with Crippen LogP contribution in [-0.4, -0.2) is 0 Å². The summed E-state index contributed by atoms with van der Waals surface area (Å²) in [6, 6.07) is 0. The van der Waals surface area contributed by atoms with Crippen LogP contribution in [0, 0.1) is 23.7 Å². The Morgan fingerprint density at radius 2 is 1.71 bits per heavy atom. The Hall–Kier alpha value is -0.440. The summed E-state index contributed by atoms with van der Waals surface area (Å²) in [6.07, 6.45) is 7.44. The Bertz CT molecular complexity index is 168. The molecule has 0 saturated heterocycles. The molecule has 0 spiro atoms. The Kier molecular flexibility index (Phi) is 8.84. The molecule has 0 aliphatic heterocycles. The fraction of sp³-hybridized carbons (Fsp3) is 0.857. The summed E-state index contributed by atoms with van der Waals surface area (Å²) in [5.74, 6) is 8.13. The lowest BCUT2D eigenvalue weighted by Gasteiger charge is -2.08. The van der Waals surface area contributed by atoms with Gasteiger partial charge in [-0.2, -0.15) is 0 Å². The highest BCUT2D eigenvalue weighted by atomic mass is 14.1. The molecule has 14 heavy (non-hydrogen) atoms. The Morgan fingerprint density at radius 1 is 1.00 bits per heavy atom. The molecule has 82 valence electrons. The molecular formula is C14H26. The van der Waals surface area contributed by atoms with E-state index in [1.807, 2.05) is 0 Å². The lowest BCUT2D eigenvalue weighted by molar-refractivity contribution is 0.464. The zero-order valence-electron chi connectivity index (χ0n) is 10.4. The minimum Gasteiger partial charge on any atom is -0.103 e. The zero-order chi connectivity index (χ0) is 10.8. The van der Waals surface area contributed by atoms with Crippen molar-refractivity contribution >= 4 is 0 Å². The van der Waals surface area contributed by atoms with Crippen molar-refractivity contribution < 1.29 is 0 Å². The standard InChI is InChI=1S/C14H26/c1-5-6-7-8-11-14(4)12-9-10-13(2)3/h13-14H,5-6,9-12H2,1-4H3. The molecule has 0 nitrogen and oxygen atoms in total. The van der Waals surface area contributed by atoms with Gasteiger partial charge in [-0.05, 0) is 24.7 Å². The summed E-state index contributed by atoms with van der Waals surface area (Å²) in [7, 11) is 0. The van der Waals surface area contributed by atoms with Crippen molar-refractivity contribution in [3.63, 3.8) is 0 Å². The minimum absolute atomic E-state index is 0.790. The van der Waals surface area contributed by atoms with Crippen LogP contribution in [0.1, 0.15) is 66.2 Å². The van der Waals surface area contributed by atoms with E-state index in [-0.39, 0.29) is 0 Å². The molecule has 0 aromatic heterocycles. The van der Waals surface area contributed by atoms with E-state index in [9.17, 15) is 0 Å². The molecule has 1 unspecified atom stereocenters. The first-order valence-electron chi connectivity index (χ1n) is 6.12. The monoisotopic (exact) mass is 194 g/mol. The molecule has 0 rings (SSSR count). The first-order valence-corrected chi connectivity index (χ1v) is 6.12. The second kappa shape index (κ2) is 9.13.